The van der Waals surface area contributed by atoms with Crippen molar-refractivity contribution >= 4 is 17.5 Å². The van der Waals surface area contributed by atoms with Crippen molar-refractivity contribution in [2.24, 2.45) is 0 Å². The zero-order valence-electron chi connectivity index (χ0n) is 8.88. The number of carbonyl (C=O) groups excluding carboxylic acids is 1. The zero-order valence-corrected chi connectivity index (χ0v) is 9.64. The quantitative estimate of drug-likeness (QED) is 0.840. The van der Waals surface area contributed by atoms with E-state index in [1.807, 2.05) is 0 Å². The van der Waals surface area contributed by atoms with Crippen molar-refractivity contribution in [2.45, 2.75) is 13.0 Å². The lowest BCUT2D eigenvalue weighted by molar-refractivity contribution is 0.0932. The van der Waals surface area contributed by atoms with Crippen LogP contribution in [-0.2, 0) is 0 Å². The Bertz CT molecular complexity index is 497. The number of nitrogens with zero attached hydrogens (tertiary/aromatic N) is 4. The van der Waals surface area contributed by atoms with Gasteiger partial charge in [0.1, 0.15) is 12.2 Å². The molecule has 0 fully saturated rings. The number of halogens is 1. The molecule has 0 aliphatic rings. The van der Waals surface area contributed by atoms with Gasteiger partial charge in [-0.2, -0.15) is 5.10 Å². The van der Waals surface area contributed by atoms with E-state index in [9.17, 15) is 4.79 Å². The Morgan fingerprint density at radius 2 is 2.29 bits per heavy atom. The highest BCUT2D eigenvalue weighted by Gasteiger charge is 2.14. The van der Waals surface area contributed by atoms with Crippen LogP contribution in [0.3, 0.4) is 0 Å². The normalized spacial score (nSPS) is 12.1. The summed E-state index contributed by atoms with van der Waals surface area (Å²) < 4.78 is 0. The minimum absolute atomic E-state index is 0.195. The smallest absolute Gasteiger partial charge is 0.272 e. The van der Waals surface area contributed by atoms with Gasteiger partial charge in [-0.05, 0) is 19.1 Å². The maximum atomic E-state index is 11.7. The summed E-state index contributed by atoms with van der Waals surface area (Å²) >= 11 is 5.57. The molecule has 8 heteroatoms. The first-order valence-corrected chi connectivity index (χ1v) is 5.20. The fourth-order valence-electron chi connectivity index (χ4n) is 1.20. The SMILES string of the molecule is CC(NC(=O)c1ccc(Cl)nn1)c1ncn[nH]1. The van der Waals surface area contributed by atoms with Crippen LogP contribution in [0.25, 0.3) is 0 Å². The number of aromatic nitrogens is 5. The average Bonchev–Trinajstić information content (AvgIpc) is 2.83. The lowest BCUT2D eigenvalue weighted by Crippen LogP contribution is -2.28. The fourth-order valence-corrected chi connectivity index (χ4v) is 1.30. The molecule has 1 atom stereocenters. The van der Waals surface area contributed by atoms with E-state index in [0.29, 0.717) is 5.82 Å². The second kappa shape index (κ2) is 4.88. The summed E-state index contributed by atoms with van der Waals surface area (Å²) in [4.78, 5) is 15.7. The molecular weight excluding hydrogens is 244 g/mol. The van der Waals surface area contributed by atoms with Crippen LogP contribution >= 0.6 is 11.6 Å². The van der Waals surface area contributed by atoms with Crippen LogP contribution in [0, 0.1) is 0 Å². The Morgan fingerprint density at radius 1 is 1.47 bits per heavy atom. The molecule has 0 saturated carbocycles. The summed E-state index contributed by atoms with van der Waals surface area (Å²) in [7, 11) is 0. The standard InChI is InChI=1S/C9H9ClN6O/c1-5(8-11-4-12-16-8)13-9(17)6-2-3-7(10)15-14-6/h2-5H,1H3,(H,13,17)(H,11,12,16). The van der Waals surface area contributed by atoms with E-state index in [1.54, 1.807) is 6.92 Å². The first-order valence-electron chi connectivity index (χ1n) is 4.82. The highest BCUT2D eigenvalue weighted by molar-refractivity contribution is 6.29. The Hall–Kier alpha value is -2.02. The second-order valence-electron chi connectivity index (χ2n) is 3.31. The van der Waals surface area contributed by atoms with Gasteiger partial charge in [0, 0.05) is 0 Å². The monoisotopic (exact) mass is 252 g/mol. The molecule has 17 heavy (non-hydrogen) atoms. The van der Waals surface area contributed by atoms with Gasteiger partial charge >= 0.3 is 0 Å². The third-order valence-electron chi connectivity index (χ3n) is 2.06. The second-order valence-corrected chi connectivity index (χ2v) is 3.69. The highest BCUT2D eigenvalue weighted by Crippen LogP contribution is 2.06. The highest BCUT2D eigenvalue weighted by atomic mass is 35.5. The summed E-state index contributed by atoms with van der Waals surface area (Å²) in [5, 5.41) is 16.6. The van der Waals surface area contributed by atoms with Crippen molar-refractivity contribution in [2.75, 3.05) is 0 Å². The molecule has 0 aromatic carbocycles. The molecule has 1 unspecified atom stereocenters. The predicted octanol–water partition coefficient (Wildman–Crippen LogP) is 0.739. The molecule has 0 radical (unpaired) electrons. The molecule has 0 aliphatic carbocycles. The van der Waals surface area contributed by atoms with Gasteiger partial charge < -0.3 is 5.32 Å². The molecule has 0 spiro atoms. The third-order valence-corrected chi connectivity index (χ3v) is 2.26. The number of hydrogen-bond acceptors (Lipinski definition) is 5. The van der Waals surface area contributed by atoms with Gasteiger partial charge in [0.15, 0.2) is 10.8 Å². The molecular formula is C9H9ClN6O. The van der Waals surface area contributed by atoms with Gasteiger partial charge in [-0.25, -0.2) is 4.98 Å². The van der Waals surface area contributed by atoms with E-state index >= 15 is 0 Å². The molecule has 2 heterocycles. The van der Waals surface area contributed by atoms with Crippen LogP contribution in [0.2, 0.25) is 5.15 Å². The molecule has 0 saturated heterocycles. The van der Waals surface area contributed by atoms with E-state index in [2.05, 4.69) is 30.7 Å². The van der Waals surface area contributed by atoms with Crippen LogP contribution in [0.1, 0.15) is 29.3 Å². The van der Waals surface area contributed by atoms with Gasteiger partial charge in [0.05, 0.1) is 6.04 Å². The molecule has 88 valence electrons. The summed E-state index contributed by atoms with van der Waals surface area (Å²) in [6, 6.07) is 2.71. The van der Waals surface area contributed by atoms with Crippen molar-refractivity contribution < 1.29 is 4.79 Å². The Kier molecular flexibility index (Phi) is 3.29. The minimum atomic E-state index is -0.349. The Balaban J connectivity index is 2.04. The number of amides is 1. The molecule has 7 nitrogen and oxygen atoms in total. The number of H-pyrrole nitrogens is 1. The summed E-state index contributed by atoms with van der Waals surface area (Å²) in [6.07, 6.45) is 1.38. The summed E-state index contributed by atoms with van der Waals surface area (Å²) in [6.45, 7) is 1.78. The number of aromatic amines is 1. The molecule has 1 amide bonds. The Labute approximate surface area is 102 Å². The van der Waals surface area contributed by atoms with E-state index in [4.69, 9.17) is 11.6 Å². The van der Waals surface area contributed by atoms with Crippen LogP contribution in [0.4, 0.5) is 0 Å². The van der Waals surface area contributed by atoms with E-state index < -0.39 is 0 Å². The zero-order chi connectivity index (χ0) is 12.3. The topological polar surface area (TPSA) is 96.5 Å². The van der Waals surface area contributed by atoms with Crippen LogP contribution in [0.5, 0.6) is 0 Å². The van der Waals surface area contributed by atoms with Gasteiger partial charge in [-0.3, -0.25) is 9.89 Å². The van der Waals surface area contributed by atoms with Crippen LogP contribution < -0.4 is 5.32 Å². The fraction of sp³-hybridized carbons (Fsp3) is 0.222. The van der Waals surface area contributed by atoms with Crippen molar-refractivity contribution in [3.8, 4) is 0 Å². The van der Waals surface area contributed by atoms with Gasteiger partial charge in [-0.1, -0.05) is 11.6 Å². The van der Waals surface area contributed by atoms with Gasteiger partial charge in [0.25, 0.3) is 5.91 Å². The predicted molar refractivity (Wildman–Crippen MR) is 59.3 cm³/mol. The lowest BCUT2D eigenvalue weighted by atomic mass is 10.3. The average molecular weight is 253 g/mol. The number of carbonyl (C=O) groups is 1. The van der Waals surface area contributed by atoms with Crippen LogP contribution in [-0.4, -0.2) is 31.3 Å². The maximum Gasteiger partial charge on any atom is 0.272 e. The number of nitrogens with one attached hydrogen (secondary N) is 2. The van der Waals surface area contributed by atoms with E-state index in [-0.39, 0.29) is 22.8 Å². The lowest BCUT2D eigenvalue weighted by Gasteiger charge is -2.09. The Morgan fingerprint density at radius 3 is 2.88 bits per heavy atom. The van der Waals surface area contributed by atoms with Crippen molar-refractivity contribution in [3.05, 3.63) is 35.1 Å². The first kappa shape index (κ1) is 11.5. The first-order chi connectivity index (χ1) is 8.16. The van der Waals surface area contributed by atoms with E-state index in [1.165, 1.54) is 18.5 Å². The molecule has 2 N–H and O–H groups in total. The molecule has 2 aromatic rings. The minimum Gasteiger partial charge on any atom is -0.341 e. The van der Waals surface area contributed by atoms with Crippen molar-refractivity contribution in [3.63, 3.8) is 0 Å². The molecule has 0 aliphatic heterocycles. The van der Waals surface area contributed by atoms with E-state index in [0.717, 1.165) is 0 Å². The van der Waals surface area contributed by atoms with Crippen molar-refractivity contribution in [1.82, 2.24) is 30.7 Å². The van der Waals surface area contributed by atoms with Gasteiger partial charge in [0.2, 0.25) is 0 Å². The van der Waals surface area contributed by atoms with Crippen LogP contribution in [0.15, 0.2) is 18.5 Å². The van der Waals surface area contributed by atoms with Crippen molar-refractivity contribution in [1.29, 1.82) is 0 Å². The maximum absolute atomic E-state index is 11.7. The number of rotatable bonds is 3. The third kappa shape index (κ3) is 2.76. The molecule has 0 bridgehead atoms. The van der Waals surface area contributed by atoms with Gasteiger partial charge in [-0.15, -0.1) is 10.2 Å². The largest absolute Gasteiger partial charge is 0.341 e. The molecule has 2 rings (SSSR count). The summed E-state index contributed by atoms with van der Waals surface area (Å²) in [5.74, 6) is 0.221. The molecule has 2 aromatic heterocycles. The number of hydrogen-bond donors (Lipinski definition) is 2. The summed E-state index contributed by atoms with van der Waals surface area (Å²) in [5.41, 5.74) is 0.195.